The lowest BCUT2D eigenvalue weighted by Gasteiger charge is -2.19. The third-order valence-electron chi connectivity index (χ3n) is 4.76. The van der Waals surface area contributed by atoms with E-state index < -0.39 is 0 Å². The van der Waals surface area contributed by atoms with Crippen LogP contribution in [0.15, 0.2) is 23.0 Å². The van der Waals surface area contributed by atoms with Crippen LogP contribution in [-0.4, -0.2) is 28.5 Å². The first-order valence-corrected chi connectivity index (χ1v) is 8.36. The number of benzene rings is 1. The smallest absolute Gasteiger partial charge is 0.323 e. The average Bonchev–Trinajstić information content (AvgIpc) is 3.11. The molecule has 1 aliphatic rings. The van der Waals surface area contributed by atoms with Crippen molar-refractivity contribution < 1.29 is 4.79 Å². The minimum absolute atomic E-state index is 0.117. The number of carbonyl (C=O) groups excluding carboxylic acids is 1. The highest BCUT2D eigenvalue weighted by Crippen LogP contribution is 2.24. The third-order valence-corrected chi connectivity index (χ3v) is 4.76. The van der Waals surface area contributed by atoms with Crippen molar-refractivity contribution in [3.8, 4) is 0 Å². The number of H-pyrrole nitrogens is 2. The molecular formula is C17H24N4O2. The van der Waals surface area contributed by atoms with Crippen molar-refractivity contribution >= 4 is 16.9 Å². The number of rotatable bonds is 6. The molecule has 0 bridgehead atoms. The molecule has 1 amide bonds. The maximum Gasteiger partial charge on any atom is 0.323 e. The van der Waals surface area contributed by atoms with Gasteiger partial charge in [0.05, 0.1) is 11.0 Å². The number of aromatic amines is 2. The fourth-order valence-electron chi connectivity index (χ4n) is 3.48. The van der Waals surface area contributed by atoms with Crippen LogP contribution in [0.2, 0.25) is 0 Å². The van der Waals surface area contributed by atoms with Gasteiger partial charge in [-0.15, -0.1) is 0 Å². The quantitative estimate of drug-likeness (QED) is 0.648. The number of hydrogen-bond donors (Lipinski definition) is 4. The Morgan fingerprint density at radius 3 is 2.91 bits per heavy atom. The monoisotopic (exact) mass is 316 g/mol. The number of aromatic nitrogens is 2. The van der Waals surface area contributed by atoms with E-state index in [0.29, 0.717) is 18.9 Å². The molecule has 0 spiro atoms. The summed E-state index contributed by atoms with van der Waals surface area (Å²) in [6.07, 6.45) is 5.46. The fraction of sp³-hybridized carbons (Fsp3) is 0.529. The van der Waals surface area contributed by atoms with Gasteiger partial charge in [0.2, 0.25) is 5.91 Å². The highest BCUT2D eigenvalue weighted by atomic mass is 16.1. The summed E-state index contributed by atoms with van der Waals surface area (Å²) in [5.74, 6) is 0.554. The average molecular weight is 316 g/mol. The molecule has 124 valence electrons. The molecule has 1 aliphatic carbocycles. The van der Waals surface area contributed by atoms with Gasteiger partial charge in [0.1, 0.15) is 0 Å². The van der Waals surface area contributed by atoms with Crippen molar-refractivity contribution in [3.05, 3.63) is 34.2 Å². The van der Waals surface area contributed by atoms with Crippen LogP contribution in [-0.2, 0) is 11.2 Å². The Morgan fingerprint density at radius 2 is 2.09 bits per heavy atom. The summed E-state index contributed by atoms with van der Waals surface area (Å²) >= 11 is 0. The second-order valence-electron chi connectivity index (χ2n) is 6.41. The lowest BCUT2D eigenvalue weighted by molar-refractivity contribution is -0.122. The second-order valence-corrected chi connectivity index (χ2v) is 6.41. The SMILES string of the molecule is NCC1CCCC1NC(=O)CCCc1ccc2[nH]c(=O)[nH]c2c1. The fourth-order valence-corrected chi connectivity index (χ4v) is 3.48. The minimum Gasteiger partial charge on any atom is -0.353 e. The molecule has 2 unspecified atom stereocenters. The molecule has 23 heavy (non-hydrogen) atoms. The second kappa shape index (κ2) is 7.00. The Bertz CT molecular complexity index is 734. The first-order valence-electron chi connectivity index (χ1n) is 8.36. The van der Waals surface area contributed by atoms with Gasteiger partial charge in [0, 0.05) is 12.5 Å². The Labute approximate surface area is 134 Å². The van der Waals surface area contributed by atoms with Gasteiger partial charge in [-0.3, -0.25) is 4.79 Å². The van der Waals surface area contributed by atoms with Crippen molar-refractivity contribution in [3.63, 3.8) is 0 Å². The van der Waals surface area contributed by atoms with E-state index in [1.54, 1.807) is 0 Å². The molecule has 6 heteroatoms. The molecule has 0 aliphatic heterocycles. The lowest BCUT2D eigenvalue weighted by atomic mass is 10.0. The first-order chi connectivity index (χ1) is 11.2. The molecule has 0 saturated heterocycles. The van der Waals surface area contributed by atoms with E-state index in [1.807, 2.05) is 18.2 Å². The highest BCUT2D eigenvalue weighted by Gasteiger charge is 2.26. The van der Waals surface area contributed by atoms with E-state index in [4.69, 9.17) is 5.73 Å². The molecule has 2 aromatic rings. The number of fused-ring (bicyclic) bond motifs is 1. The molecule has 2 atom stereocenters. The molecule has 1 aromatic heterocycles. The van der Waals surface area contributed by atoms with Gasteiger partial charge in [0.15, 0.2) is 0 Å². The molecule has 0 radical (unpaired) electrons. The van der Waals surface area contributed by atoms with Crippen molar-refractivity contribution in [2.45, 2.75) is 44.6 Å². The number of carbonyl (C=O) groups is 1. The number of nitrogens with one attached hydrogen (secondary N) is 3. The van der Waals surface area contributed by atoms with Gasteiger partial charge in [-0.25, -0.2) is 4.79 Å². The van der Waals surface area contributed by atoms with Crippen LogP contribution < -0.4 is 16.7 Å². The summed E-state index contributed by atoms with van der Waals surface area (Å²) in [4.78, 5) is 28.8. The third kappa shape index (κ3) is 3.82. The topological polar surface area (TPSA) is 104 Å². The Balaban J connectivity index is 1.48. The molecular weight excluding hydrogens is 292 g/mol. The predicted molar refractivity (Wildman–Crippen MR) is 90.2 cm³/mol. The standard InChI is InChI=1S/C17H24N4O2/c18-10-12-4-2-5-13(12)19-16(22)6-1-3-11-7-8-14-15(9-11)21-17(23)20-14/h7-9,12-13H,1-6,10,18H2,(H,19,22)(H2,20,21,23). The molecule has 1 fully saturated rings. The van der Waals surface area contributed by atoms with Crippen LogP contribution in [0.25, 0.3) is 11.0 Å². The first kappa shape index (κ1) is 15.8. The zero-order valence-corrected chi connectivity index (χ0v) is 13.2. The summed E-state index contributed by atoms with van der Waals surface area (Å²) in [5, 5.41) is 3.13. The molecule has 6 nitrogen and oxygen atoms in total. The maximum atomic E-state index is 12.1. The van der Waals surface area contributed by atoms with Gasteiger partial charge >= 0.3 is 5.69 Å². The van der Waals surface area contributed by atoms with Gasteiger partial charge in [-0.2, -0.15) is 0 Å². The van der Waals surface area contributed by atoms with Gasteiger partial charge in [-0.05, 0) is 55.8 Å². The van der Waals surface area contributed by atoms with Crippen LogP contribution >= 0.6 is 0 Å². The minimum atomic E-state index is -0.192. The molecule has 3 rings (SSSR count). The van der Waals surface area contributed by atoms with Crippen LogP contribution in [0.3, 0.4) is 0 Å². The summed E-state index contributed by atoms with van der Waals surface area (Å²) < 4.78 is 0. The molecule has 1 saturated carbocycles. The zero-order chi connectivity index (χ0) is 16.2. The summed E-state index contributed by atoms with van der Waals surface area (Å²) in [7, 11) is 0. The lowest BCUT2D eigenvalue weighted by Crippen LogP contribution is -2.39. The number of nitrogens with two attached hydrogens (primary N) is 1. The van der Waals surface area contributed by atoms with Crippen LogP contribution in [0.1, 0.15) is 37.7 Å². The van der Waals surface area contributed by atoms with E-state index in [1.165, 1.54) is 0 Å². The van der Waals surface area contributed by atoms with Crippen molar-refractivity contribution in [2.24, 2.45) is 11.7 Å². The van der Waals surface area contributed by atoms with Crippen LogP contribution in [0.4, 0.5) is 0 Å². The van der Waals surface area contributed by atoms with Crippen molar-refractivity contribution in [1.29, 1.82) is 0 Å². The Hall–Kier alpha value is -2.08. The van der Waals surface area contributed by atoms with E-state index in [2.05, 4.69) is 15.3 Å². The van der Waals surface area contributed by atoms with E-state index in [9.17, 15) is 9.59 Å². The summed E-state index contributed by atoms with van der Waals surface area (Å²) in [6, 6.07) is 6.11. The normalized spacial score (nSPS) is 20.9. The number of imidazole rings is 1. The predicted octanol–water partition coefficient (Wildman–Crippen LogP) is 1.42. The van der Waals surface area contributed by atoms with Crippen molar-refractivity contribution in [2.75, 3.05) is 6.54 Å². The van der Waals surface area contributed by atoms with Crippen LogP contribution in [0.5, 0.6) is 0 Å². The van der Waals surface area contributed by atoms with E-state index in [0.717, 1.165) is 48.7 Å². The molecule has 1 aromatic carbocycles. The maximum absolute atomic E-state index is 12.1. The van der Waals surface area contributed by atoms with E-state index >= 15 is 0 Å². The Morgan fingerprint density at radius 1 is 1.26 bits per heavy atom. The van der Waals surface area contributed by atoms with Gasteiger partial charge in [0.25, 0.3) is 0 Å². The summed E-state index contributed by atoms with van der Waals surface area (Å²) in [6.45, 7) is 0.653. The van der Waals surface area contributed by atoms with Gasteiger partial charge < -0.3 is 21.0 Å². The van der Waals surface area contributed by atoms with E-state index in [-0.39, 0.29) is 17.6 Å². The molecule has 5 N–H and O–H groups in total. The highest BCUT2D eigenvalue weighted by molar-refractivity contribution is 5.76. The number of amides is 1. The zero-order valence-electron chi connectivity index (χ0n) is 13.2. The van der Waals surface area contributed by atoms with Crippen LogP contribution in [0, 0.1) is 5.92 Å². The number of hydrogen-bond acceptors (Lipinski definition) is 3. The number of aryl methyl sites for hydroxylation is 1. The largest absolute Gasteiger partial charge is 0.353 e. The van der Waals surface area contributed by atoms with Crippen molar-refractivity contribution in [1.82, 2.24) is 15.3 Å². The summed E-state index contributed by atoms with van der Waals surface area (Å²) in [5.41, 5.74) is 8.30. The van der Waals surface area contributed by atoms with Gasteiger partial charge in [-0.1, -0.05) is 12.5 Å². The Kier molecular flexibility index (Phi) is 4.81. The molecule has 1 heterocycles.